The minimum atomic E-state index is 0.181. The molecule has 0 fully saturated rings. The van der Waals surface area contributed by atoms with E-state index in [-0.39, 0.29) is 11.3 Å². The standard InChI is InChI=1S/C21H26N2O/c1-14-10-20-19(15(2)12-21(3,4)23(20)5)11-16(14)13-22-17-6-8-18(24)9-7-17/h6-11,13,15,24H,12H2,1-5H3/t15-/m0/s1. The number of hydrogen-bond donors (Lipinski definition) is 1. The van der Waals surface area contributed by atoms with Gasteiger partial charge in [-0.25, -0.2) is 0 Å². The first-order valence-corrected chi connectivity index (χ1v) is 8.49. The van der Waals surface area contributed by atoms with Crippen LogP contribution in [0.4, 0.5) is 11.4 Å². The van der Waals surface area contributed by atoms with E-state index in [2.05, 4.69) is 56.8 Å². The van der Waals surface area contributed by atoms with Gasteiger partial charge in [-0.05, 0) is 86.2 Å². The fourth-order valence-corrected chi connectivity index (χ4v) is 3.56. The Labute approximate surface area is 144 Å². The van der Waals surface area contributed by atoms with E-state index < -0.39 is 0 Å². The van der Waals surface area contributed by atoms with Gasteiger partial charge >= 0.3 is 0 Å². The molecule has 0 amide bonds. The summed E-state index contributed by atoms with van der Waals surface area (Å²) in [5.41, 5.74) is 6.14. The van der Waals surface area contributed by atoms with Crippen LogP contribution >= 0.6 is 0 Å². The summed E-state index contributed by atoms with van der Waals surface area (Å²) >= 11 is 0. The van der Waals surface area contributed by atoms with E-state index in [1.165, 1.54) is 16.8 Å². The smallest absolute Gasteiger partial charge is 0.115 e. The summed E-state index contributed by atoms with van der Waals surface area (Å²) in [7, 11) is 2.19. The molecule has 1 aliphatic rings. The monoisotopic (exact) mass is 322 g/mol. The van der Waals surface area contributed by atoms with Crippen molar-refractivity contribution in [2.24, 2.45) is 4.99 Å². The second kappa shape index (κ2) is 5.97. The Morgan fingerprint density at radius 1 is 1.21 bits per heavy atom. The van der Waals surface area contributed by atoms with Gasteiger partial charge in [-0.15, -0.1) is 0 Å². The molecule has 126 valence electrons. The van der Waals surface area contributed by atoms with Gasteiger partial charge in [0.25, 0.3) is 0 Å². The maximum atomic E-state index is 9.36. The highest BCUT2D eigenvalue weighted by Crippen LogP contribution is 2.43. The molecule has 0 saturated heterocycles. The van der Waals surface area contributed by atoms with Crippen molar-refractivity contribution in [3.8, 4) is 5.75 Å². The summed E-state index contributed by atoms with van der Waals surface area (Å²) in [6.07, 6.45) is 3.07. The van der Waals surface area contributed by atoms with Gasteiger partial charge in [0.1, 0.15) is 5.75 Å². The third kappa shape index (κ3) is 3.03. The van der Waals surface area contributed by atoms with Crippen LogP contribution in [0.3, 0.4) is 0 Å². The lowest BCUT2D eigenvalue weighted by Crippen LogP contribution is -2.45. The molecule has 24 heavy (non-hydrogen) atoms. The van der Waals surface area contributed by atoms with Crippen molar-refractivity contribution in [2.45, 2.75) is 45.6 Å². The van der Waals surface area contributed by atoms with Crippen LogP contribution in [0.2, 0.25) is 0 Å². The first-order valence-electron chi connectivity index (χ1n) is 8.49. The molecule has 2 aromatic carbocycles. The SMILES string of the molecule is Cc1cc2c(cc1C=Nc1ccc(O)cc1)[C@@H](C)CC(C)(C)N2C. The number of aliphatic imine (C=N–C) groups is 1. The maximum absolute atomic E-state index is 9.36. The largest absolute Gasteiger partial charge is 0.508 e. The zero-order valence-electron chi connectivity index (χ0n) is 15.2. The number of phenolic OH excluding ortho intramolecular Hbond substituents is 1. The topological polar surface area (TPSA) is 35.8 Å². The van der Waals surface area contributed by atoms with Crippen molar-refractivity contribution in [1.29, 1.82) is 0 Å². The van der Waals surface area contributed by atoms with Gasteiger partial charge in [0.05, 0.1) is 5.69 Å². The molecule has 2 aromatic rings. The first kappa shape index (κ1) is 16.6. The molecule has 3 nitrogen and oxygen atoms in total. The van der Waals surface area contributed by atoms with E-state index in [1.54, 1.807) is 12.1 Å². The van der Waals surface area contributed by atoms with Gasteiger partial charge in [0.15, 0.2) is 0 Å². The lowest BCUT2D eigenvalue weighted by atomic mass is 9.79. The third-order valence-electron chi connectivity index (χ3n) is 5.22. The molecular weight excluding hydrogens is 296 g/mol. The Morgan fingerprint density at radius 2 is 1.88 bits per heavy atom. The van der Waals surface area contributed by atoms with E-state index in [1.807, 2.05) is 18.3 Å². The van der Waals surface area contributed by atoms with Crippen LogP contribution in [0.25, 0.3) is 0 Å². The van der Waals surface area contributed by atoms with E-state index in [0.717, 1.165) is 17.7 Å². The Kier molecular flexibility index (Phi) is 4.12. The average Bonchev–Trinajstić information content (AvgIpc) is 2.52. The number of phenols is 1. The zero-order valence-corrected chi connectivity index (χ0v) is 15.2. The molecule has 0 aliphatic carbocycles. The summed E-state index contributed by atoms with van der Waals surface area (Å²) in [5.74, 6) is 0.797. The number of rotatable bonds is 2. The summed E-state index contributed by atoms with van der Waals surface area (Å²) in [6, 6.07) is 11.5. The number of nitrogens with zero attached hydrogens (tertiary/aromatic N) is 2. The van der Waals surface area contributed by atoms with E-state index in [4.69, 9.17) is 0 Å². The van der Waals surface area contributed by atoms with E-state index in [0.29, 0.717) is 5.92 Å². The molecule has 0 spiro atoms. The van der Waals surface area contributed by atoms with Gasteiger partial charge < -0.3 is 10.0 Å². The number of aryl methyl sites for hydroxylation is 1. The molecule has 3 heteroatoms. The van der Waals surface area contributed by atoms with Crippen LogP contribution in [0.1, 0.15) is 49.8 Å². The molecule has 0 bridgehead atoms. The summed E-state index contributed by atoms with van der Waals surface area (Å²) in [5, 5.41) is 9.36. The van der Waals surface area contributed by atoms with Crippen LogP contribution in [0, 0.1) is 6.92 Å². The molecular formula is C21H26N2O. The predicted octanol–water partition coefficient (Wildman–Crippen LogP) is 5.17. The highest BCUT2D eigenvalue weighted by Gasteiger charge is 2.34. The fourth-order valence-electron chi connectivity index (χ4n) is 3.56. The third-order valence-corrected chi connectivity index (χ3v) is 5.22. The van der Waals surface area contributed by atoms with Gasteiger partial charge in [-0.1, -0.05) is 6.92 Å². The minimum absolute atomic E-state index is 0.181. The second-order valence-corrected chi connectivity index (χ2v) is 7.52. The van der Waals surface area contributed by atoms with Crippen LogP contribution in [-0.2, 0) is 0 Å². The zero-order chi connectivity index (χ0) is 17.5. The molecule has 0 radical (unpaired) electrons. The number of benzene rings is 2. The van der Waals surface area contributed by atoms with Crippen LogP contribution in [0.5, 0.6) is 5.75 Å². The normalized spacial score (nSPS) is 19.5. The number of aromatic hydroxyl groups is 1. The van der Waals surface area contributed by atoms with Crippen molar-refractivity contribution in [2.75, 3.05) is 11.9 Å². The van der Waals surface area contributed by atoms with Crippen molar-refractivity contribution < 1.29 is 5.11 Å². The van der Waals surface area contributed by atoms with E-state index in [9.17, 15) is 5.11 Å². The highest BCUT2D eigenvalue weighted by molar-refractivity contribution is 5.86. The van der Waals surface area contributed by atoms with Crippen LogP contribution < -0.4 is 4.90 Å². The predicted molar refractivity (Wildman–Crippen MR) is 102 cm³/mol. The van der Waals surface area contributed by atoms with Crippen molar-refractivity contribution in [3.63, 3.8) is 0 Å². The summed E-state index contributed by atoms with van der Waals surface area (Å²) in [4.78, 5) is 6.95. The molecule has 0 aromatic heterocycles. The summed E-state index contributed by atoms with van der Waals surface area (Å²) in [6.45, 7) is 9.06. The Balaban J connectivity index is 1.97. The average molecular weight is 322 g/mol. The summed E-state index contributed by atoms with van der Waals surface area (Å²) < 4.78 is 0. The lowest BCUT2D eigenvalue weighted by molar-refractivity contribution is 0.395. The lowest BCUT2D eigenvalue weighted by Gasteiger charge is -2.45. The van der Waals surface area contributed by atoms with Gasteiger partial charge in [0.2, 0.25) is 0 Å². The molecule has 0 saturated carbocycles. The number of hydrogen-bond acceptors (Lipinski definition) is 3. The van der Waals surface area contributed by atoms with Gasteiger partial charge in [0, 0.05) is 24.5 Å². The quantitative estimate of drug-likeness (QED) is 0.774. The molecule has 1 aliphatic heterocycles. The van der Waals surface area contributed by atoms with Crippen molar-refractivity contribution in [3.05, 3.63) is 53.1 Å². The Morgan fingerprint density at radius 3 is 2.54 bits per heavy atom. The van der Waals surface area contributed by atoms with E-state index >= 15 is 0 Å². The molecule has 0 unspecified atom stereocenters. The van der Waals surface area contributed by atoms with Gasteiger partial charge in [-0.2, -0.15) is 0 Å². The fraction of sp³-hybridized carbons (Fsp3) is 0.381. The first-order chi connectivity index (χ1) is 11.3. The second-order valence-electron chi connectivity index (χ2n) is 7.52. The Bertz CT molecular complexity index is 775. The van der Waals surface area contributed by atoms with Crippen molar-refractivity contribution in [1.82, 2.24) is 0 Å². The molecule has 3 rings (SSSR count). The molecule has 1 heterocycles. The Hall–Kier alpha value is -2.29. The minimum Gasteiger partial charge on any atom is -0.508 e. The van der Waals surface area contributed by atoms with Gasteiger partial charge in [-0.3, -0.25) is 4.99 Å². The van der Waals surface area contributed by atoms with Crippen molar-refractivity contribution >= 4 is 17.6 Å². The molecule has 1 N–H and O–H groups in total. The molecule has 1 atom stereocenters. The highest BCUT2D eigenvalue weighted by atomic mass is 16.3. The van der Waals surface area contributed by atoms with Crippen LogP contribution in [0.15, 0.2) is 41.4 Å². The maximum Gasteiger partial charge on any atom is 0.115 e. The van der Waals surface area contributed by atoms with Crippen LogP contribution in [-0.4, -0.2) is 23.9 Å². The number of anilines is 1. The number of fused-ring (bicyclic) bond motifs is 1.